The molecule has 7 nitrogen and oxygen atoms in total. The number of fused-ring (bicyclic) bond motifs is 2. The third-order valence-electron chi connectivity index (χ3n) is 6.03. The van der Waals surface area contributed by atoms with Gasteiger partial charge in [0.2, 0.25) is 0 Å². The Morgan fingerprint density at radius 1 is 1.03 bits per heavy atom. The van der Waals surface area contributed by atoms with Gasteiger partial charge in [0.25, 0.3) is 0 Å². The molecule has 1 aromatic carbocycles. The first kappa shape index (κ1) is 22.4. The van der Waals surface area contributed by atoms with E-state index in [1.165, 1.54) is 0 Å². The number of likely N-dealkylation sites (tertiary alicyclic amines) is 1. The van der Waals surface area contributed by atoms with Gasteiger partial charge in [0, 0.05) is 36.0 Å². The van der Waals surface area contributed by atoms with Gasteiger partial charge in [-0.1, -0.05) is 12.1 Å². The molecule has 2 heterocycles. The molecule has 0 N–H and O–H groups in total. The third-order valence-corrected chi connectivity index (χ3v) is 6.03. The maximum absolute atomic E-state index is 13.1. The van der Waals surface area contributed by atoms with Gasteiger partial charge >= 0.3 is 12.2 Å². The molecular weight excluding hydrogens is 408 g/mol. The lowest BCUT2D eigenvalue weighted by Gasteiger charge is -2.45. The number of nitrogens with zero attached hydrogens (tertiary/aromatic N) is 2. The van der Waals surface area contributed by atoms with Gasteiger partial charge in [0.15, 0.2) is 0 Å². The van der Waals surface area contributed by atoms with Gasteiger partial charge in [-0.05, 0) is 71.6 Å². The topological polar surface area (TPSA) is 77.8 Å². The second-order valence-electron chi connectivity index (χ2n) is 10.9. The number of hydrogen-bond acceptors (Lipinski definition) is 5. The van der Waals surface area contributed by atoms with Crippen LogP contribution < -0.4 is 0 Å². The second kappa shape index (κ2) is 7.64. The van der Waals surface area contributed by atoms with E-state index in [9.17, 15) is 14.4 Å². The summed E-state index contributed by atoms with van der Waals surface area (Å²) >= 11 is 0. The van der Waals surface area contributed by atoms with Crippen LogP contribution in [0, 0.1) is 5.92 Å². The van der Waals surface area contributed by atoms with Gasteiger partial charge in [-0.15, -0.1) is 0 Å². The minimum absolute atomic E-state index is 0.00263. The summed E-state index contributed by atoms with van der Waals surface area (Å²) in [5.41, 5.74) is 1.63. The predicted molar refractivity (Wildman–Crippen MR) is 121 cm³/mol. The number of amides is 1. The number of rotatable bonds is 1. The highest BCUT2D eigenvalue weighted by Gasteiger charge is 2.44. The van der Waals surface area contributed by atoms with E-state index in [1.807, 2.05) is 65.9 Å². The second-order valence-corrected chi connectivity index (χ2v) is 10.9. The van der Waals surface area contributed by atoms with Gasteiger partial charge in [0.05, 0.1) is 5.52 Å². The number of carbonyl (C=O) groups excluding carboxylic acids is 3. The lowest BCUT2D eigenvalue weighted by Crippen LogP contribution is -2.54. The first-order valence-electron chi connectivity index (χ1n) is 11.2. The minimum atomic E-state index is -0.624. The highest BCUT2D eigenvalue weighted by atomic mass is 16.6. The summed E-state index contributed by atoms with van der Waals surface area (Å²) in [7, 11) is 0. The van der Waals surface area contributed by atoms with Crippen molar-refractivity contribution in [3.63, 3.8) is 0 Å². The molecule has 0 bridgehead atoms. The van der Waals surface area contributed by atoms with Gasteiger partial charge in [0.1, 0.15) is 17.5 Å². The molecule has 0 radical (unpaired) electrons. The first-order valence-corrected chi connectivity index (χ1v) is 11.2. The van der Waals surface area contributed by atoms with Crippen LogP contribution in [0.3, 0.4) is 0 Å². The lowest BCUT2D eigenvalue weighted by atomic mass is 9.72. The molecule has 4 rings (SSSR count). The highest BCUT2D eigenvalue weighted by Crippen LogP contribution is 2.45. The summed E-state index contributed by atoms with van der Waals surface area (Å²) in [4.78, 5) is 39.4. The first-order chi connectivity index (χ1) is 14.9. The van der Waals surface area contributed by atoms with Crippen LogP contribution in [-0.2, 0) is 20.7 Å². The van der Waals surface area contributed by atoms with E-state index in [0.29, 0.717) is 19.4 Å². The van der Waals surface area contributed by atoms with Crippen LogP contribution in [0.25, 0.3) is 10.9 Å². The van der Waals surface area contributed by atoms with E-state index in [-0.39, 0.29) is 17.9 Å². The van der Waals surface area contributed by atoms with Crippen molar-refractivity contribution >= 4 is 29.4 Å². The molecule has 0 spiro atoms. The highest BCUT2D eigenvalue weighted by molar-refractivity contribution is 5.95. The summed E-state index contributed by atoms with van der Waals surface area (Å²) in [6.07, 6.45) is 3.21. The maximum atomic E-state index is 13.1. The van der Waals surface area contributed by atoms with Gasteiger partial charge in [-0.25, -0.2) is 9.59 Å². The average Bonchev–Trinajstić information content (AvgIpc) is 3.05. The standard InChI is InChI=1S/C25H32N2O5/c1-24(2,3)31-22(29)26-12-15(14-28)10-18-17-8-7-9-19-21(17)16(11-20(18)26)13-27(19)23(30)32-25(4,5)6/h7-9,13-15,18,20H,10-12H2,1-6H3/t15?,18-,20-/m1/s1. The maximum Gasteiger partial charge on any atom is 0.419 e. The summed E-state index contributed by atoms with van der Waals surface area (Å²) in [6.45, 7) is 11.4. The van der Waals surface area contributed by atoms with Crippen LogP contribution >= 0.6 is 0 Å². The number of benzene rings is 1. The molecule has 0 saturated carbocycles. The number of ether oxygens (including phenoxy) is 2. The summed E-state index contributed by atoms with van der Waals surface area (Å²) < 4.78 is 12.8. The van der Waals surface area contributed by atoms with Crippen molar-refractivity contribution < 1.29 is 23.9 Å². The van der Waals surface area contributed by atoms with Crippen LogP contribution in [0.4, 0.5) is 9.59 Å². The van der Waals surface area contributed by atoms with E-state index in [4.69, 9.17) is 9.47 Å². The van der Waals surface area contributed by atoms with Crippen LogP contribution in [0.15, 0.2) is 24.4 Å². The van der Waals surface area contributed by atoms with Crippen molar-refractivity contribution in [2.45, 2.75) is 77.5 Å². The molecule has 1 unspecified atom stereocenters. The zero-order valence-electron chi connectivity index (χ0n) is 19.7. The Bertz CT molecular complexity index is 1070. The van der Waals surface area contributed by atoms with E-state index in [1.54, 1.807) is 9.47 Å². The summed E-state index contributed by atoms with van der Waals surface area (Å²) in [5, 5.41) is 1.02. The van der Waals surface area contributed by atoms with E-state index < -0.39 is 23.4 Å². The molecule has 1 aliphatic carbocycles. The Kier molecular flexibility index (Phi) is 5.34. The average molecular weight is 441 g/mol. The van der Waals surface area contributed by atoms with Crippen molar-refractivity contribution in [3.05, 3.63) is 35.5 Å². The van der Waals surface area contributed by atoms with Gasteiger partial charge in [-0.2, -0.15) is 0 Å². The van der Waals surface area contributed by atoms with Gasteiger partial charge in [-0.3, -0.25) is 4.57 Å². The Balaban J connectivity index is 1.77. The summed E-state index contributed by atoms with van der Waals surface area (Å²) in [5.74, 6) is -0.259. The zero-order valence-corrected chi connectivity index (χ0v) is 19.7. The minimum Gasteiger partial charge on any atom is -0.444 e. The van der Waals surface area contributed by atoms with Crippen molar-refractivity contribution in [2.75, 3.05) is 6.54 Å². The monoisotopic (exact) mass is 440 g/mol. The molecule has 1 aromatic heterocycles. The van der Waals surface area contributed by atoms with E-state index in [2.05, 4.69) is 0 Å². The molecule has 3 atom stereocenters. The summed E-state index contributed by atoms with van der Waals surface area (Å²) in [6, 6.07) is 5.75. The fraction of sp³-hybridized carbons (Fsp3) is 0.560. The van der Waals surface area contributed by atoms with Crippen molar-refractivity contribution in [1.29, 1.82) is 0 Å². The Labute approximate surface area is 188 Å². The number of aromatic nitrogens is 1. The predicted octanol–water partition coefficient (Wildman–Crippen LogP) is 4.89. The molecule has 32 heavy (non-hydrogen) atoms. The lowest BCUT2D eigenvalue weighted by molar-refractivity contribution is -0.113. The van der Waals surface area contributed by atoms with Crippen LogP contribution in [0.5, 0.6) is 0 Å². The molecule has 2 aromatic rings. The molecule has 1 fully saturated rings. The fourth-order valence-corrected chi connectivity index (χ4v) is 4.93. The molecule has 2 aliphatic rings. The van der Waals surface area contributed by atoms with Crippen LogP contribution in [0.1, 0.15) is 65.0 Å². The smallest absolute Gasteiger partial charge is 0.419 e. The quantitative estimate of drug-likeness (QED) is 0.590. The molecule has 7 heteroatoms. The van der Waals surface area contributed by atoms with Crippen LogP contribution in [0.2, 0.25) is 0 Å². The molecule has 1 aliphatic heterocycles. The Morgan fingerprint density at radius 3 is 2.31 bits per heavy atom. The van der Waals surface area contributed by atoms with Crippen molar-refractivity contribution in [3.8, 4) is 0 Å². The zero-order chi connectivity index (χ0) is 23.4. The molecule has 1 amide bonds. The molecule has 172 valence electrons. The van der Waals surface area contributed by atoms with Crippen molar-refractivity contribution in [1.82, 2.24) is 9.47 Å². The number of aldehydes is 1. The van der Waals surface area contributed by atoms with E-state index >= 15 is 0 Å². The SMILES string of the molecule is CC(C)(C)OC(=O)N1CC(C=O)C[C@@H]2c3cccc4c3c(cn4C(=O)OC(C)(C)C)C[C@H]21. The van der Waals surface area contributed by atoms with E-state index in [0.717, 1.165) is 28.3 Å². The molecular formula is C25H32N2O5. The normalized spacial score (nSPS) is 22.9. The number of piperidine rings is 1. The number of carbonyl (C=O) groups is 3. The van der Waals surface area contributed by atoms with Crippen molar-refractivity contribution in [2.24, 2.45) is 5.92 Å². The number of hydrogen-bond donors (Lipinski definition) is 0. The molecule has 1 saturated heterocycles. The Morgan fingerprint density at radius 2 is 1.69 bits per heavy atom. The fourth-order valence-electron chi connectivity index (χ4n) is 4.93. The Hall–Kier alpha value is -2.83. The van der Waals surface area contributed by atoms with Crippen LogP contribution in [-0.4, -0.2) is 51.7 Å². The largest absolute Gasteiger partial charge is 0.444 e. The third kappa shape index (κ3) is 4.12. The van der Waals surface area contributed by atoms with Gasteiger partial charge < -0.3 is 19.2 Å².